The molecule has 0 atom stereocenters. The summed E-state index contributed by atoms with van der Waals surface area (Å²) in [4.78, 5) is 0. The second kappa shape index (κ2) is 6.41. The van der Waals surface area contributed by atoms with Crippen LogP contribution in [0.5, 0.6) is 5.75 Å². The molecule has 0 saturated carbocycles. The van der Waals surface area contributed by atoms with E-state index in [2.05, 4.69) is 0 Å². The largest absolute Gasteiger partial charge is 0.492 e. The quantitative estimate of drug-likeness (QED) is 0.870. The van der Waals surface area contributed by atoms with Crippen molar-refractivity contribution in [1.29, 1.82) is 0 Å². The molecule has 0 bridgehead atoms. The van der Waals surface area contributed by atoms with E-state index in [9.17, 15) is 8.42 Å². The number of nitrogens with two attached hydrogens (primary N) is 1. The van der Waals surface area contributed by atoms with Crippen LogP contribution in [-0.4, -0.2) is 26.0 Å². The molecule has 0 radical (unpaired) electrons. The van der Waals surface area contributed by atoms with Crippen LogP contribution in [0.25, 0.3) is 0 Å². The molecular formula is C12H18ClNO3S. The normalized spacial score (nSPS) is 11.8. The van der Waals surface area contributed by atoms with Gasteiger partial charge in [0.15, 0.2) is 9.84 Å². The van der Waals surface area contributed by atoms with E-state index in [0.29, 0.717) is 16.3 Å². The maximum Gasteiger partial charge on any atom is 0.155 e. The fraction of sp³-hybridized carbons (Fsp3) is 0.500. The summed E-state index contributed by atoms with van der Waals surface area (Å²) in [5.74, 6) is 0.533. The van der Waals surface area contributed by atoms with Gasteiger partial charge >= 0.3 is 0 Å². The van der Waals surface area contributed by atoms with Crippen LogP contribution in [0.1, 0.15) is 19.4 Å². The molecule has 0 aliphatic rings. The zero-order valence-electron chi connectivity index (χ0n) is 10.5. The van der Waals surface area contributed by atoms with Crippen LogP contribution in [0.3, 0.4) is 0 Å². The third-order valence-electron chi connectivity index (χ3n) is 2.62. The van der Waals surface area contributed by atoms with Crippen molar-refractivity contribution in [2.75, 3.05) is 12.4 Å². The van der Waals surface area contributed by atoms with E-state index >= 15 is 0 Å². The van der Waals surface area contributed by atoms with Gasteiger partial charge < -0.3 is 10.5 Å². The number of halogens is 1. The van der Waals surface area contributed by atoms with E-state index in [1.807, 2.05) is 0 Å². The van der Waals surface area contributed by atoms with Crippen molar-refractivity contribution in [3.63, 3.8) is 0 Å². The summed E-state index contributed by atoms with van der Waals surface area (Å²) in [7, 11) is -3.09. The third kappa shape index (κ3) is 3.86. The van der Waals surface area contributed by atoms with Gasteiger partial charge in [-0.15, -0.1) is 0 Å². The Bertz CT molecular complexity index is 500. The van der Waals surface area contributed by atoms with Gasteiger partial charge in [0.25, 0.3) is 0 Å². The average molecular weight is 292 g/mol. The number of ether oxygens (including phenoxy) is 1. The molecule has 6 heteroatoms. The van der Waals surface area contributed by atoms with Gasteiger partial charge in [-0.1, -0.05) is 17.7 Å². The minimum absolute atomic E-state index is 0.0127. The van der Waals surface area contributed by atoms with Crippen LogP contribution in [0.4, 0.5) is 0 Å². The highest BCUT2D eigenvalue weighted by Crippen LogP contribution is 2.25. The first kappa shape index (κ1) is 15.3. The maximum absolute atomic E-state index is 11.6. The first-order valence-corrected chi connectivity index (χ1v) is 7.79. The van der Waals surface area contributed by atoms with Crippen LogP contribution >= 0.6 is 11.6 Å². The van der Waals surface area contributed by atoms with Gasteiger partial charge in [0.1, 0.15) is 12.4 Å². The lowest BCUT2D eigenvalue weighted by Gasteiger charge is -2.12. The Morgan fingerprint density at radius 1 is 1.39 bits per heavy atom. The lowest BCUT2D eigenvalue weighted by Crippen LogP contribution is -2.22. The predicted octanol–water partition coefficient (Wildman–Crippen LogP) is 2.00. The number of rotatable bonds is 6. The molecule has 1 aromatic rings. The van der Waals surface area contributed by atoms with E-state index in [1.54, 1.807) is 32.0 Å². The molecule has 18 heavy (non-hydrogen) atoms. The summed E-state index contributed by atoms with van der Waals surface area (Å²) in [6.45, 7) is 3.67. The molecule has 0 unspecified atom stereocenters. The van der Waals surface area contributed by atoms with Crippen molar-refractivity contribution in [1.82, 2.24) is 0 Å². The van der Waals surface area contributed by atoms with E-state index in [1.165, 1.54) is 0 Å². The topological polar surface area (TPSA) is 69.4 Å². The number of hydrogen-bond acceptors (Lipinski definition) is 4. The summed E-state index contributed by atoms with van der Waals surface area (Å²) in [5, 5.41) is 0.135. The Balaban J connectivity index is 2.68. The van der Waals surface area contributed by atoms with E-state index < -0.39 is 15.1 Å². The van der Waals surface area contributed by atoms with Gasteiger partial charge in [0.2, 0.25) is 0 Å². The fourth-order valence-electron chi connectivity index (χ4n) is 1.38. The molecule has 0 aliphatic carbocycles. The van der Waals surface area contributed by atoms with Crippen molar-refractivity contribution in [2.45, 2.75) is 25.6 Å². The molecule has 4 nitrogen and oxygen atoms in total. The second-order valence-corrected chi connectivity index (χ2v) is 7.27. The lowest BCUT2D eigenvalue weighted by molar-refractivity contribution is 0.337. The Kier molecular flexibility index (Phi) is 5.44. The van der Waals surface area contributed by atoms with Gasteiger partial charge in [0, 0.05) is 17.1 Å². The molecule has 0 heterocycles. The van der Waals surface area contributed by atoms with Crippen molar-refractivity contribution in [2.24, 2.45) is 5.73 Å². The maximum atomic E-state index is 11.6. The lowest BCUT2D eigenvalue weighted by atomic mass is 10.2. The van der Waals surface area contributed by atoms with Gasteiger partial charge in [-0.3, -0.25) is 0 Å². The molecule has 2 N–H and O–H groups in total. The Hall–Kier alpha value is -0.780. The average Bonchev–Trinajstić information content (AvgIpc) is 2.29. The molecular weight excluding hydrogens is 274 g/mol. The number of sulfone groups is 1. The van der Waals surface area contributed by atoms with Crippen molar-refractivity contribution in [3.8, 4) is 5.75 Å². The zero-order valence-corrected chi connectivity index (χ0v) is 12.1. The molecule has 0 aromatic heterocycles. The number of benzene rings is 1. The summed E-state index contributed by atoms with van der Waals surface area (Å²) in [6.07, 6.45) is 0. The summed E-state index contributed by atoms with van der Waals surface area (Å²) < 4.78 is 28.7. The van der Waals surface area contributed by atoms with E-state index in [4.69, 9.17) is 22.1 Å². The van der Waals surface area contributed by atoms with Gasteiger partial charge in [-0.2, -0.15) is 0 Å². The van der Waals surface area contributed by atoms with Crippen molar-refractivity contribution < 1.29 is 13.2 Å². The first-order chi connectivity index (χ1) is 8.38. The first-order valence-electron chi connectivity index (χ1n) is 5.70. The summed E-state index contributed by atoms with van der Waals surface area (Å²) in [6, 6.07) is 5.20. The fourth-order valence-corrected chi connectivity index (χ4v) is 2.41. The van der Waals surface area contributed by atoms with Crippen LogP contribution < -0.4 is 10.5 Å². The molecule has 0 amide bonds. The highest BCUT2D eigenvalue weighted by atomic mass is 35.5. The predicted molar refractivity (Wildman–Crippen MR) is 73.8 cm³/mol. The minimum atomic E-state index is -3.09. The van der Waals surface area contributed by atoms with Crippen LogP contribution in [-0.2, 0) is 16.4 Å². The Morgan fingerprint density at radius 2 is 2.06 bits per heavy atom. The van der Waals surface area contributed by atoms with Gasteiger partial charge in [0.05, 0.1) is 11.0 Å². The Labute approximate surface area is 113 Å². The van der Waals surface area contributed by atoms with Crippen molar-refractivity contribution in [3.05, 3.63) is 28.8 Å². The molecule has 0 aliphatic heterocycles. The van der Waals surface area contributed by atoms with Crippen molar-refractivity contribution >= 4 is 21.4 Å². The smallest absolute Gasteiger partial charge is 0.155 e. The monoisotopic (exact) mass is 291 g/mol. The molecule has 1 rings (SSSR count). The minimum Gasteiger partial charge on any atom is -0.492 e. The molecule has 102 valence electrons. The standard InChI is InChI=1S/C12H18ClNO3S/c1-9(2)18(15,16)7-6-17-12-5-3-4-11(13)10(12)8-14/h3-5,9H,6-8,14H2,1-2H3. The SMILES string of the molecule is CC(C)S(=O)(=O)CCOc1cccc(Cl)c1CN. The molecule has 0 saturated heterocycles. The molecule has 1 aromatic carbocycles. The zero-order chi connectivity index (χ0) is 13.8. The van der Waals surface area contributed by atoms with Gasteiger partial charge in [-0.25, -0.2) is 8.42 Å². The second-order valence-electron chi connectivity index (χ2n) is 4.18. The summed E-state index contributed by atoms with van der Waals surface area (Å²) >= 11 is 5.97. The Morgan fingerprint density at radius 3 is 2.61 bits per heavy atom. The van der Waals surface area contributed by atoms with E-state index in [-0.39, 0.29) is 18.9 Å². The van der Waals surface area contributed by atoms with E-state index in [0.717, 1.165) is 0 Å². The van der Waals surface area contributed by atoms with Crippen LogP contribution in [0.15, 0.2) is 18.2 Å². The molecule has 0 fully saturated rings. The molecule has 0 spiro atoms. The van der Waals surface area contributed by atoms with Crippen LogP contribution in [0.2, 0.25) is 5.02 Å². The third-order valence-corrected chi connectivity index (χ3v) is 5.15. The highest BCUT2D eigenvalue weighted by molar-refractivity contribution is 7.91. The van der Waals surface area contributed by atoms with Crippen LogP contribution in [0, 0.1) is 0 Å². The number of hydrogen-bond donors (Lipinski definition) is 1. The highest BCUT2D eigenvalue weighted by Gasteiger charge is 2.16. The summed E-state index contributed by atoms with van der Waals surface area (Å²) in [5.41, 5.74) is 6.27. The van der Waals surface area contributed by atoms with Gasteiger partial charge in [-0.05, 0) is 26.0 Å².